The zero-order chi connectivity index (χ0) is 14.6. The molecule has 5 nitrogen and oxygen atoms in total. The molecule has 0 bridgehead atoms. The van der Waals surface area contributed by atoms with Crippen molar-refractivity contribution in [1.82, 2.24) is 5.32 Å². The van der Waals surface area contributed by atoms with Crippen molar-refractivity contribution in [3.05, 3.63) is 0 Å². The summed E-state index contributed by atoms with van der Waals surface area (Å²) < 4.78 is 0. The van der Waals surface area contributed by atoms with Gasteiger partial charge in [-0.25, -0.2) is 0 Å². The van der Waals surface area contributed by atoms with Crippen LogP contribution in [0, 0.1) is 23.2 Å². The Hall–Kier alpha value is -1.10. The van der Waals surface area contributed by atoms with E-state index in [0.717, 1.165) is 0 Å². The average molecular weight is 271 g/mol. The predicted molar refractivity (Wildman–Crippen MR) is 71.5 cm³/mol. The third kappa shape index (κ3) is 4.49. The first-order chi connectivity index (χ1) is 8.76. The van der Waals surface area contributed by atoms with Crippen LogP contribution in [0.2, 0.25) is 0 Å². The topological polar surface area (TPSA) is 86.6 Å². The summed E-state index contributed by atoms with van der Waals surface area (Å²) in [5.41, 5.74) is -0.173. The molecular formula is C14H25NO4. The number of hydrogen-bond acceptors (Lipinski definition) is 3. The molecule has 5 heteroatoms. The van der Waals surface area contributed by atoms with Crippen LogP contribution < -0.4 is 5.32 Å². The molecule has 1 unspecified atom stereocenters. The molecular weight excluding hydrogens is 246 g/mol. The summed E-state index contributed by atoms with van der Waals surface area (Å²) in [5.74, 6) is -1.74. The van der Waals surface area contributed by atoms with E-state index in [1.807, 2.05) is 20.8 Å². The second kappa shape index (κ2) is 6.37. The van der Waals surface area contributed by atoms with Crippen molar-refractivity contribution >= 4 is 11.9 Å². The van der Waals surface area contributed by atoms with Gasteiger partial charge in [-0.1, -0.05) is 20.8 Å². The third-order valence-corrected chi connectivity index (χ3v) is 3.98. The van der Waals surface area contributed by atoms with Gasteiger partial charge in [-0.3, -0.25) is 9.59 Å². The van der Waals surface area contributed by atoms with Crippen LogP contribution in [0.25, 0.3) is 0 Å². The average Bonchev–Trinajstić information content (AvgIpc) is 2.68. The Morgan fingerprint density at radius 1 is 1.26 bits per heavy atom. The van der Waals surface area contributed by atoms with Crippen LogP contribution in [0.5, 0.6) is 0 Å². The molecule has 0 spiro atoms. The highest BCUT2D eigenvalue weighted by Gasteiger charge is 2.41. The lowest BCUT2D eigenvalue weighted by Gasteiger charge is -2.25. The molecule has 0 radical (unpaired) electrons. The molecule has 0 aliphatic heterocycles. The van der Waals surface area contributed by atoms with Crippen molar-refractivity contribution in [3.8, 4) is 0 Å². The standard InChI is InChI=1S/C14H25NO4/c1-9-6-10(11(7-9)13(18)19)12(17)15-8-14(2,3)4-5-16/h9-11,16H,4-8H2,1-3H3,(H,15,17)(H,18,19)/t9?,10-,11+/m0/s1. The van der Waals surface area contributed by atoms with Gasteiger partial charge in [0.2, 0.25) is 5.91 Å². The van der Waals surface area contributed by atoms with E-state index in [1.54, 1.807) is 0 Å². The van der Waals surface area contributed by atoms with E-state index in [0.29, 0.717) is 25.8 Å². The number of aliphatic carboxylic acids is 1. The summed E-state index contributed by atoms with van der Waals surface area (Å²) in [5, 5.41) is 20.9. The highest BCUT2D eigenvalue weighted by Crippen LogP contribution is 2.36. The van der Waals surface area contributed by atoms with Gasteiger partial charge in [-0.2, -0.15) is 0 Å². The van der Waals surface area contributed by atoms with Crippen molar-refractivity contribution in [2.45, 2.75) is 40.0 Å². The van der Waals surface area contributed by atoms with Crippen molar-refractivity contribution < 1.29 is 19.8 Å². The van der Waals surface area contributed by atoms with Gasteiger partial charge in [0.25, 0.3) is 0 Å². The fraction of sp³-hybridized carbons (Fsp3) is 0.857. The molecule has 0 aromatic rings. The maximum absolute atomic E-state index is 12.1. The molecule has 0 aromatic heterocycles. The summed E-state index contributed by atoms with van der Waals surface area (Å²) in [6, 6.07) is 0. The number of amides is 1. The zero-order valence-electron chi connectivity index (χ0n) is 12.0. The molecule has 0 aromatic carbocycles. The van der Waals surface area contributed by atoms with Gasteiger partial charge in [0, 0.05) is 13.2 Å². The molecule has 3 atom stereocenters. The number of rotatable bonds is 6. The first-order valence-corrected chi connectivity index (χ1v) is 6.88. The third-order valence-electron chi connectivity index (χ3n) is 3.98. The summed E-state index contributed by atoms with van der Waals surface area (Å²) in [7, 11) is 0. The Bertz CT molecular complexity index is 340. The smallest absolute Gasteiger partial charge is 0.307 e. The maximum Gasteiger partial charge on any atom is 0.307 e. The molecule has 1 amide bonds. The Labute approximate surface area is 114 Å². The summed E-state index contributed by atoms with van der Waals surface area (Å²) in [6.45, 7) is 6.47. The summed E-state index contributed by atoms with van der Waals surface area (Å²) >= 11 is 0. The molecule has 19 heavy (non-hydrogen) atoms. The SMILES string of the molecule is CC1C[C@H](C(=O)NCC(C)(C)CCO)[C@H](C(=O)O)C1. The fourth-order valence-corrected chi connectivity index (χ4v) is 2.70. The molecule has 1 rings (SSSR count). The van der Waals surface area contributed by atoms with Crippen molar-refractivity contribution in [3.63, 3.8) is 0 Å². The van der Waals surface area contributed by atoms with Gasteiger partial charge in [0.1, 0.15) is 0 Å². The second-order valence-corrected chi connectivity index (χ2v) is 6.48. The number of aliphatic hydroxyl groups is 1. The van der Waals surface area contributed by atoms with Crippen LogP contribution in [0.15, 0.2) is 0 Å². The molecule has 1 saturated carbocycles. The van der Waals surface area contributed by atoms with E-state index >= 15 is 0 Å². The molecule has 3 N–H and O–H groups in total. The lowest BCUT2D eigenvalue weighted by Crippen LogP contribution is -2.40. The minimum atomic E-state index is -0.876. The quantitative estimate of drug-likeness (QED) is 0.678. The van der Waals surface area contributed by atoms with Crippen LogP contribution in [-0.4, -0.2) is 35.2 Å². The molecule has 0 saturated heterocycles. The molecule has 1 aliphatic carbocycles. The highest BCUT2D eigenvalue weighted by atomic mass is 16.4. The van der Waals surface area contributed by atoms with Gasteiger partial charge < -0.3 is 15.5 Å². The number of carboxylic acid groups (broad SMARTS) is 1. The summed E-state index contributed by atoms with van der Waals surface area (Å²) in [4.78, 5) is 23.3. The van der Waals surface area contributed by atoms with Gasteiger partial charge >= 0.3 is 5.97 Å². The lowest BCUT2D eigenvalue weighted by atomic mass is 9.89. The van der Waals surface area contributed by atoms with E-state index in [2.05, 4.69) is 5.32 Å². The number of hydrogen-bond donors (Lipinski definition) is 3. The van der Waals surface area contributed by atoms with E-state index in [-0.39, 0.29) is 23.8 Å². The Morgan fingerprint density at radius 2 is 1.84 bits per heavy atom. The van der Waals surface area contributed by atoms with Gasteiger partial charge in [0.05, 0.1) is 11.8 Å². The number of carboxylic acids is 1. The predicted octanol–water partition coefficient (Wildman–Crippen LogP) is 1.26. The molecule has 1 fully saturated rings. The Kier molecular flexibility index (Phi) is 5.35. The van der Waals surface area contributed by atoms with Crippen LogP contribution in [0.4, 0.5) is 0 Å². The van der Waals surface area contributed by atoms with E-state index < -0.39 is 17.8 Å². The van der Waals surface area contributed by atoms with Crippen LogP contribution >= 0.6 is 0 Å². The van der Waals surface area contributed by atoms with Crippen LogP contribution in [-0.2, 0) is 9.59 Å². The maximum atomic E-state index is 12.1. The number of aliphatic hydroxyl groups excluding tert-OH is 1. The van der Waals surface area contributed by atoms with Gasteiger partial charge in [-0.05, 0) is 30.6 Å². The van der Waals surface area contributed by atoms with E-state index in [1.165, 1.54) is 0 Å². The largest absolute Gasteiger partial charge is 0.481 e. The fourth-order valence-electron chi connectivity index (χ4n) is 2.70. The van der Waals surface area contributed by atoms with E-state index in [9.17, 15) is 9.59 Å². The highest BCUT2D eigenvalue weighted by molar-refractivity contribution is 5.85. The molecule has 1 aliphatic rings. The molecule has 0 heterocycles. The van der Waals surface area contributed by atoms with Crippen LogP contribution in [0.1, 0.15) is 40.0 Å². The van der Waals surface area contributed by atoms with Crippen molar-refractivity contribution in [1.29, 1.82) is 0 Å². The second-order valence-electron chi connectivity index (χ2n) is 6.48. The lowest BCUT2D eigenvalue weighted by molar-refractivity contribution is -0.146. The number of carbonyl (C=O) groups is 2. The van der Waals surface area contributed by atoms with Gasteiger partial charge in [-0.15, -0.1) is 0 Å². The minimum Gasteiger partial charge on any atom is -0.481 e. The first kappa shape index (κ1) is 16.0. The molecule has 110 valence electrons. The van der Waals surface area contributed by atoms with Crippen molar-refractivity contribution in [2.75, 3.05) is 13.2 Å². The monoisotopic (exact) mass is 271 g/mol. The van der Waals surface area contributed by atoms with Gasteiger partial charge in [0.15, 0.2) is 0 Å². The Morgan fingerprint density at radius 3 is 2.37 bits per heavy atom. The minimum absolute atomic E-state index is 0.0844. The van der Waals surface area contributed by atoms with Crippen LogP contribution in [0.3, 0.4) is 0 Å². The Balaban J connectivity index is 2.55. The normalized spacial score (nSPS) is 27.3. The zero-order valence-corrected chi connectivity index (χ0v) is 12.0. The number of nitrogens with one attached hydrogen (secondary N) is 1. The summed E-state index contributed by atoms with van der Waals surface area (Å²) in [6.07, 6.45) is 1.83. The number of carbonyl (C=O) groups excluding carboxylic acids is 1. The van der Waals surface area contributed by atoms with E-state index in [4.69, 9.17) is 10.2 Å². The first-order valence-electron chi connectivity index (χ1n) is 6.88. The van der Waals surface area contributed by atoms with Crippen molar-refractivity contribution in [2.24, 2.45) is 23.2 Å².